The van der Waals surface area contributed by atoms with Crippen LogP contribution in [0.2, 0.25) is 0 Å². The zero-order valence-corrected chi connectivity index (χ0v) is 11.5. The molecule has 0 N–H and O–H groups in total. The fourth-order valence-corrected chi connectivity index (χ4v) is 1.82. The van der Waals surface area contributed by atoms with E-state index in [-0.39, 0.29) is 23.0 Å². The second-order valence-electron chi connectivity index (χ2n) is 4.25. The normalized spacial score (nSPS) is 10.0. The monoisotopic (exact) mass is 287 g/mol. The first-order valence-corrected chi connectivity index (χ1v) is 6.13. The molecule has 6 heteroatoms. The van der Waals surface area contributed by atoms with Gasteiger partial charge < -0.3 is 9.47 Å². The molecule has 0 aliphatic rings. The van der Waals surface area contributed by atoms with Crippen molar-refractivity contribution < 1.29 is 19.2 Å². The smallest absolute Gasteiger partial charge is 0.315 e. The van der Waals surface area contributed by atoms with Crippen molar-refractivity contribution in [1.82, 2.24) is 0 Å². The van der Waals surface area contributed by atoms with Gasteiger partial charge in [-0.3, -0.25) is 14.9 Å². The Labute approximate surface area is 121 Å². The van der Waals surface area contributed by atoms with E-state index in [4.69, 9.17) is 9.47 Å². The zero-order chi connectivity index (χ0) is 15.4. The van der Waals surface area contributed by atoms with Crippen molar-refractivity contribution in [2.75, 3.05) is 7.11 Å². The number of ketones is 1. The van der Waals surface area contributed by atoms with Gasteiger partial charge in [-0.25, -0.2) is 0 Å². The van der Waals surface area contributed by atoms with Crippen LogP contribution in [0.4, 0.5) is 5.69 Å². The molecule has 0 saturated heterocycles. The Hall–Kier alpha value is -2.89. The molecule has 0 bridgehead atoms. The van der Waals surface area contributed by atoms with E-state index in [0.717, 1.165) is 0 Å². The van der Waals surface area contributed by atoms with Gasteiger partial charge in [0.05, 0.1) is 23.7 Å². The minimum Gasteiger partial charge on any atom is -0.496 e. The van der Waals surface area contributed by atoms with Gasteiger partial charge in [-0.2, -0.15) is 0 Å². The first-order valence-electron chi connectivity index (χ1n) is 6.13. The summed E-state index contributed by atoms with van der Waals surface area (Å²) in [6, 6.07) is 10.8. The average molecular weight is 287 g/mol. The van der Waals surface area contributed by atoms with Crippen LogP contribution in [0.3, 0.4) is 0 Å². The predicted octanol–water partition coefficient (Wildman–Crippen LogP) is 3.60. The van der Waals surface area contributed by atoms with Gasteiger partial charge in [-0.15, -0.1) is 0 Å². The van der Waals surface area contributed by atoms with Crippen molar-refractivity contribution in [3.63, 3.8) is 0 Å². The van der Waals surface area contributed by atoms with Crippen molar-refractivity contribution in [2.24, 2.45) is 0 Å². The van der Waals surface area contributed by atoms with E-state index < -0.39 is 4.92 Å². The number of benzene rings is 2. The Morgan fingerprint density at radius 1 is 1.14 bits per heavy atom. The first-order chi connectivity index (χ1) is 10.0. The number of ether oxygens (including phenoxy) is 2. The standard InChI is InChI=1S/C15H13NO5/c1-10(17)12-5-3-4-6-14(12)21-15-8-7-11(20-2)9-13(15)16(18)19/h3-9H,1-2H3. The van der Waals surface area contributed by atoms with Gasteiger partial charge in [-0.1, -0.05) is 12.1 Å². The summed E-state index contributed by atoms with van der Waals surface area (Å²) in [7, 11) is 1.42. The number of rotatable bonds is 5. The lowest BCUT2D eigenvalue weighted by Gasteiger charge is -2.10. The molecule has 0 aliphatic heterocycles. The van der Waals surface area contributed by atoms with Crippen molar-refractivity contribution in [3.05, 3.63) is 58.1 Å². The molecule has 0 unspecified atom stereocenters. The zero-order valence-electron chi connectivity index (χ0n) is 11.5. The summed E-state index contributed by atoms with van der Waals surface area (Å²) in [5.41, 5.74) is 0.135. The molecule has 6 nitrogen and oxygen atoms in total. The molecule has 2 rings (SSSR count). The average Bonchev–Trinajstić information content (AvgIpc) is 2.47. The minimum absolute atomic E-state index is 0.0505. The molecule has 0 fully saturated rings. The maximum atomic E-state index is 11.5. The summed E-state index contributed by atoms with van der Waals surface area (Å²) < 4.78 is 10.5. The lowest BCUT2D eigenvalue weighted by atomic mass is 10.1. The van der Waals surface area contributed by atoms with Gasteiger partial charge in [0.2, 0.25) is 5.75 Å². The molecule has 0 heterocycles. The topological polar surface area (TPSA) is 78.7 Å². The molecule has 0 aromatic heterocycles. The van der Waals surface area contributed by atoms with Crippen LogP contribution in [0.25, 0.3) is 0 Å². The molecule has 0 saturated carbocycles. The number of carbonyl (C=O) groups is 1. The Morgan fingerprint density at radius 2 is 1.86 bits per heavy atom. The number of Topliss-reactive ketones (excluding diaryl/α,β-unsaturated/α-hetero) is 1. The molecule has 0 atom stereocenters. The van der Waals surface area contributed by atoms with E-state index in [0.29, 0.717) is 11.3 Å². The number of hydrogen-bond acceptors (Lipinski definition) is 5. The second kappa shape index (κ2) is 6.04. The third-order valence-corrected chi connectivity index (χ3v) is 2.85. The molecule has 0 spiro atoms. The number of nitrogens with zero attached hydrogens (tertiary/aromatic N) is 1. The highest BCUT2D eigenvalue weighted by atomic mass is 16.6. The minimum atomic E-state index is -0.561. The van der Waals surface area contributed by atoms with Crippen LogP contribution in [0.5, 0.6) is 17.2 Å². The van der Waals surface area contributed by atoms with Crippen molar-refractivity contribution in [3.8, 4) is 17.2 Å². The third-order valence-electron chi connectivity index (χ3n) is 2.85. The SMILES string of the molecule is COc1ccc(Oc2ccccc2C(C)=O)c([N+](=O)[O-])c1. The molecular weight excluding hydrogens is 274 g/mol. The van der Waals surface area contributed by atoms with Gasteiger partial charge in [0.1, 0.15) is 11.5 Å². The quantitative estimate of drug-likeness (QED) is 0.477. The van der Waals surface area contributed by atoms with Crippen LogP contribution in [0.1, 0.15) is 17.3 Å². The number of para-hydroxylation sites is 1. The first kappa shape index (κ1) is 14.5. The molecule has 21 heavy (non-hydrogen) atoms. The summed E-state index contributed by atoms with van der Waals surface area (Å²) in [5.74, 6) is 0.503. The van der Waals surface area contributed by atoms with E-state index in [9.17, 15) is 14.9 Å². The Balaban J connectivity index is 2.45. The number of hydrogen-bond donors (Lipinski definition) is 0. The lowest BCUT2D eigenvalue weighted by Crippen LogP contribution is -1.99. The van der Waals surface area contributed by atoms with Gasteiger partial charge in [0.15, 0.2) is 5.78 Å². The second-order valence-corrected chi connectivity index (χ2v) is 4.25. The summed E-state index contributed by atoms with van der Waals surface area (Å²) in [6.07, 6.45) is 0. The van der Waals surface area contributed by atoms with E-state index in [1.54, 1.807) is 30.3 Å². The van der Waals surface area contributed by atoms with Crippen LogP contribution in [0.15, 0.2) is 42.5 Å². The predicted molar refractivity (Wildman–Crippen MR) is 76.2 cm³/mol. The number of carbonyl (C=O) groups excluding carboxylic acids is 1. The summed E-state index contributed by atoms with van der Waals surface area (Å²) in [5, 5.41) is 11.1. The van der Waals surface area contributed by atoms with Crippen LogP contribution >= 0.6 is 0 Å². The van der Waals surface area contributed by atoms with E-state index in [2.05, 4.69) is 0 Å². The Morgan fingerprint density at radius 3 is 2.48 bits per heavy atom. The molecule has 0 amide bonds. The van der Waals surface area contributed by atoms with Gasteiger partial charge in [0.25, 0.3) is 0 Å². The summed E-state index contributed by atoms with van der Waals surface area (Å²) >= 11 is 0. The largest absolute Gasteiger partial charge is 0.496 e. The van der Waals surface area contributed by atoms with Gasteiger partial charge in [-0.05, 0) is 31.2 Å². The molecule has 0 aliphatic carbocycles. The van der Waals surface area contributed by atoms with Crippen LogP contribution in [-0.4, -0.2) is 17.8 Å². The molecule has 108 valence electrons. The highest BCUT2D eigenvalue weighted by molar-refractivity contribution is 5.96. The van der Waals surface area contributed by atoms with Gasteiger partial charge >= 0.3 is 5.69 Å². The number of nitro groups is 1. The van der Waals surface area contributed by atoms with Crippen molar-refractivity contribution in [1.29, 1.82) is 0 Å². The molecule has 0 radical (unpaired) electrons. The van der Waals surface area contributed by atoms with Crippen LogP contribution < -0.4 is 9.47 Å². The lowest BCUT2D eigenvalue weighted by molar-refractivity contribution is -0.385. The maximum Gasteiger partial charge on any atom is 0.315 e. The van der Waals surface area contributed by atoms with E-state index >= 15 is 0 Å². The molecular formula is C15H13NO5. The number of nitro benzene ring substituents is 1. The molecule has 2 aromatic rings. The van der Waals surface area contributed by atoms with Crippen molar-refractivity contribution in [2.45, 2.75) is 6.92 Å². The maximum absolute atomic E-state index is 11.5. The fraction of sp³-hybridized carbons (Fsp3) is 0.133. The van der Waals surface area contributed by atoms with Crippen LogP contribution in [0, 0.1) is 10.1 Å². The summed E-state index contributed by atoms with van der Waals surface area (Å²) in [4.78, 5) is 22.1. The Kier molecular flexibility index (Phi) is 4.18. The third kappa shape index (κ3) is 3.17. The molecule has 2 aromatic carbocycles. The van der Waals surface area contributed by atoms with Crippen molar-refractivity contribution >= 4 is 11.5 Å². The Bertz CT molecular complexity index is 696. The fourth-order valence-electron chi connectivity index (χ4n) is 1.82. The number of methoxy groups -OCH3 is 1. The van der Waals surface area contributed by atoms with Gasteiger partial charge in [0, 0.05) is 0 Å². The van der Waals surface area contributed by atoms with E-state index in [1.807, 2.05) is 0 Å². The highest BCUT2D eigenvalue weighted by Crippen LogP contribution is 2.35. The van der Waals surface area contributed by atoms with Crippen LogP contribution in [-0.2, 0) is 0 Å². The summed E-state index contributed by atoms with van der Waals surface area (Å²) in [6.45, 7) is 1.41. The van der Waals surface area contributed by atoms with E-state index in [1.165, 1.54) is 26.2 Å². The highest BCUT2D eigenvalue weighted by Gasteiger charge is 2.19.